The maximum atomic E-state index is 13.0. The van der Waals surface area contributed by atoms with Crippen molar-refractivity contribution in [2.45, 2.75) is 11.3 Å². The van der Waals surface area contributed by atoms with Gasteiger partial charge in [-0.2, -0.15) is 0 Å². The van der Waals surface area contributed by atoms with Gasteiger partial charge in [-0.15, -0.1) is 0 Å². The number of carbonyl (C=O) groups is 1. The molecule has 6 nitrogen and oxygen atoms in total. The van der Waals surface area contributed by atoms with Gasteiger partial charge in [0.2, 0.25) is 0 Å². The van der Waals surface area contributed by atoms with E-state index in [0.29, 0.717) is 23.5 Å². The van der Waals surface area contributed by atoms with Crippen LogP contribution >= 0.6 is 0 Å². The monoisotopic (exact) mass is 408 g/mol. The number of para-hydroxylation sites is 3. The van der Waals surface area contributed by atoms with Crippen LogP contribution < -0.4 is 14.4 Å². The molecule has 0 fully saturated rings. The van der Waals surface area contributed by atoms with E-state index in [0.717, 1.165) is 17.7 Å². The fourth-order valence-electron chi connectivity index (χ4n) is 3.43. The third-order valence-corrected chi connectivity index (χ3v) is 6.24. The molecule has 0 radical (unpaired) electrons. The first-order valence-electron chi connectivity index (χ1n) is 9.15. The molecule has 0 bridgehead atoms. The van der Waals surface area contributed by atoms with Crippen molar-refractivity contribution in [1.82, 2.24) is 0 Å². The maximum Gasteiger partial charge on any atom is 0.262 e. The lowest BCUT2D eigenvalue weighted by atomic mass is 10.1. The Kier molecular flexibility index (Phi) is 4.98. The molecule has 148 valence electrons. The smallest absolute Gasteiger partial charge is 0.262 e. The lowest BCUT2D eigenvalue weighted by molar-refractivity contribution is 0.0989. The summed E-state index contributed by atoms with van der Waals surface area (Å²) in [7, 11) is -2.41. The second kappa shape index (κ2) is 7.60. The van der Waals surface area contributed by atoms with Gasteiger partial charge in [0.05, 0.1) is 17.7 Å². The minimum Gasteiger partial charge on any atom is -0.495 e. The number of hydrogen-bond acceptors (Lipinski definition) is 4. The van der Waals surface area contributed by atoms with Crippen LogP contribution in [-0.4, -0.2) is 28.0 Å². The van der Waals surface area contributed by atoms with Gasteiger partial charge < -0.3 is 9.64 Å². The molecule has 3 aromatic rings. The van der Waals surface area contributed by atoms with Gasteiger partial charge in [-0.3, -0.25) is 9.52 Å². The summed E-state index contributed by atoms with van der Waals surface area (Å²) in [5.74, 6) is 0.196. The van der Waals surface area contributed by atoms with Crippen LogP contribution in [0.4, 0.5) is 11.4 Å². The summed E-state index contributed by atoms with van der Waals surface area (Å²) in [6.07, 6.45) is 0.787. The van der Waals surface area contributed by atoms with E-state index in [2.05, 4.69) is 4.72 Å². The van der Waals surface area contributed by atoms with Gasteiger partial charge in [0.15, 0.2) is 0 Å². The Labute approximate surface area is 169 Å². The Morgan fingerprint density at radius 1 is 1.00 bits per heavy atom. The number of rotatable bonds is 5. The SMILES string of the molecule is COc1ccccc1NS(=O)(=O)c1cccc(C(=O)N2CCc3ccccc32)c1. The Morgan fingerprint density at radius 3 is 2.59 bits per heavy atom. The number of carbonyl (C=O) groups excluding carboxylic acids is 1. The van der Waals surface area contributed by atoms with Crippen molar-refractivity contribution in [3.05, 3.63) is 83.9 Å². The molecule has 0 unspecified atom stereocenters. The highest BCUT2D eigenvalue weighted by Crippen LogP contribution is 2.30. The van der Waals surface area contributed by atoms with Crippen molar-refractivity contribution in [3.63, 3.8) is 0 Å². The first-order chi connectivity index (χ1) is 14.0. The van der Waals surface area contributed by atoms with Crippen LogP contribution in [-0.2, 0) is 16.4 Å². The molecule has 0 aliphatic carbocycles. The minimum absolute atomic E-state index is 0.0155. The fourth-order valence-corrected chi connectivity index (χ4v) is 4.55. The van der Waals surface area contributed by atoms with Crippen LogP contribution in [0.5, 0.6) is 5.75 Å². The van der Waals surface area contributed by atoms with Gasteiger partial charge in [-0.25, -0.2) is 8.42 Å². The summed E-state index contributed by atoms with van der Waals surface area (Å²) in [4.78, 5) is 14.7. The molecule has 29 heavy (non-hydrogen) atoms. The van der Waals surface area contributed by atoms with E-state index in [1.165, 1.54) is 19.2 Å². The Morgan fingerprint density at radius 2 is 1.76 bits per heavy atom. The molecule has 1 aliphatic heterocycles. The highest BCUT2D eigenvalue weighted by Gasteiger charge is 2.26. The largest absolute Gasteiger partial charge is 0.495 e. The van der Waals surface area contributed by atoms with Crippen LogP contribution in [0.25, 0.3) is 0 Å². The third kappa shape index (κ3) is 3.69. The average Bonchev–Trinajstić information content (AvgIpc) is 3.17. The normalized spacial score (nSPS) is 13.1. The van der Waals surface area contributed by atoms with Crippen molar-refractivity contribution in [2.75, 3.05) is 23.3 Å². The molecule has 0 spiro atoms. The zero-order valence-corrected chi connectivity index (χ0v) is 16.6. The van der Waals surface area contributed by atoms with Crippen molar-refractivity contribution < 1.29 is 17.9 Å². The number of nitrogens with zero attached hydrogens (tertiary/aromatic N) is 1. The van der Waals surface area contributed by atoms with E-state index >= 15 is 0 Å². The number of fused-ring (bicyclic) bond motifs is 1. The molecule has 3 aromatic carbocycles. The zero-order valence-electron chi connectivity index (χ0n) is 15.8. The molecule has 0 saturated heterocycles. The lowest BCUT2D eigenvalue weighted by Crippen LogP contribution is -2.29. The highest BCUT2D eigenvalue weighted by atomic mass is 32.2. The molecule has 0 atom stereocenters. The van der Waals surface area contributed by atoms with Crippen LogP contribution in [0.3, 0.4) is 0 Å². The maximum absolute atomic E-state index is 13.0. The van der Waals surface area contributed by atoms with E-state index < -0.39 is 10.0 Å². The predicted octanol–water partition coefficient (Wildman–Crippen LogP) is 3.70. The lowest BCUT2D eigenvalue weighted by Gasteiger charge is -2.18. The Balaban J connectivity index is 1.63. The molecule has 1 aliphatic rings. The summed E-state index contributed by atoms with van der Waals surface area (Å²) >= 11 is 0. The number of nitrogens with one attached hydrogen (secondary N) is 1. The minimum atomic E-state index is -3.89. The molecule has 1 amide bonds. The van der Waals surface area contributed by atoms with Gasteiger partial charge >= 0.3 is 0 Å². The standard InChI is InChI=1S/C22H20N2O4S/c1-28-21-12-5-3-10-19(21)23-29(26,27)18-9-6-8-17(15-18)22(25)24-14-13-16-7-2-4-11-20(16)24/h2-12,15,23H,13-14H2,1H3. The Bertz CT molecular complexity index is 1170. The fraction of sp³-hybridized carbons (Fsp3) is 0.136. The third-order valence-electron chi connectivity index (χ3n) is 4.87. The first kappa shape index (κ1) is 19.0. The van der Waals surface area contributed by atoms with Crippen molar-refractivity contribution in [1.29, 1.82) is 0 Å². The van der Waals surface area contributed by atoms with Crippen LogP contribution in [0.2, 0.25) is 0 Å². The zero-order chi connectivity index (χ0) is 20.4. The van der Waals surface area contributed by atoms with Gasteiger partial charge in [0.1, 0.15) is 5.75 Å². The molecule has 0 aromatic heterocycles. The molecule has 7 heteroatoms. The van der Waals surface area contributed by atoms with Gasteiger partial charge in [-0.05, 0) is 48.4 Å². The quantitative estimate of drug-likeness (QED) is 0.699. The van der Waals surface area contributed by atoms with Crippen molar-refractivity contribution >= 4 is 27.3 Å². The second-order valence-electron chi connectivity index (χ2n) is 6.67. The number of anilines is 2. The molecular formula is C22H20N2O4S. The van der Waals surface area contributed by atoms with Crippen LogP contribution in [0.15, 0.2) is 77.7 Å². The molecule has 4 rings (SSSR count). The summed E-state index contributed by atoms with van der Waals surface area (Å²) in [5.41, 5.74) is 2.64. The number of amides is 1. The van der Waals surface area contributed by atoms with Crippen LogP contribution in [0.1, 0.15) is 15.9 Å². The highest BCUT2D eigenvalue weighted by molar-refractivity contribution is 7.92. The summed E-state index contributed by atoms with van der Waals surface area (Å²) < 4.78 is 33.5. The van der Waals surface area contributed by atoms with E-state index in [9.17, 15) is 13.2 Å². The van der Waals surface area contributed by atoms with E-state index in [1.54, 1.807) is 41.3 Å². The van der Waals surface area contributed by atoms with Gasteiger partial charge in [0, 0.05) is 17.8 Å². The van der Waals surface area contributed by atoms with Gasteiger partial charge in [0.25, 0.3) is 15.9 Å². The number of methoxy groups -OCH3 is 1. The van der Waals surface area contributed by atoms with Crippen molar-refractivity contribution in [2.24, 2.45) is 0 Å². The summed E-state index contributed by atoms with van der Waals surface area (Å²) in [6.45, 7) is 0.578. The number of ether oxygens (including phenoxy) is 1. The number of hydrogen-bond donors (Lipinski definition) is 1. The molecular weight excluding hydrogens is 388 g/mol. The predicted molar refractivity (Wildman–Crippen MR) is 112 cm³/mol. The summed E-state index contributed by atoms with van der Waals surface area (Å²) in [6, 6.07) is 20.6. The number of sulfonamides is 1. The van der Waals surface area contributed by atoms with Crippen LogP contribution in [0, 0.1) is 0 Å². The van der Waals surface area contributed by atoms with Gasteiger partial charge in [-0.1, -0.05) is 36.4 Å². The summed E-state index contributed by atoms with van der Waals surface area (Å²) in [5, 5.41) is 0. The Hall–Kier alpha value is -3.32. The topological polar surface area (TPSA) is 75.7 Å². The molecule has 1 heterocycles. The second-order valence-corrected chi connectivity index (χ2v) is 8.35. The van der Waals surface area contributed by atoms with E-state index in [4.69, 9.17) is 4.74 Å². The molecule has 0 saturated carbocycles. The number of benzene rings is 3. The van der Waals surface area contributed by atoms with E-state index in [1.807, 2.05) is 24.3 Å². The average molecular weight is 408 g/mol. The first-order valence-corrected chi connectivity index (χ1v) is 10.6. The van der Waals surface area contributed by atoms with Crippen molar-refractivity contribution in [3.8, 4) is 5.75 Å². The molecule has 1 N–H and O–H groups in total. The van der Waals surface area contributed by atoms with E-state index in [-0.39, 0.29) is 10.8 Å².